The number of nitrogens with two attached hydrogens (primary N) is 1. The first kappa shape index (κ1) is 27.1. The van der Waals surface area contributed by atoms with E-state index in [-0.39, 0.29) is 30.6 Å². The van der Waals surface area contributed by atoms with Crippen LogP contribution in [0.15, 0.2) is 34.4 Å². The number of carbonyl (C=O) groups excluding carboxylic acids is 3. The number of hydrogen-bond donors (Lipinski definition) is 4. The highest BCUT2D eigenvalue weighted by Crippen LogP contribution is 2.16. The Bertz CT molecular complexity index is 848. The van der Waals surface area contributed by atoms with Crippen molar-refractivity contribution < 1.29 is 24.2 Å². The molecule has 1 aromatic carbocycles. The van der Waals surface area contributed by atoms with Crippen LogP contribution >= 0.6 is 22.6 Å². The summed E-state index contributed by atoms with van der Waals surface area (Å²) in [6.07, 6.45) is 3.85. The molecule has 0 aromatic heterocycles. The summed E-state index contributed by atoms with van der Waals surface area (Å²) in [6, 6.07) is 4.20. The van der Waals surface area contributed by atoms with Crippen LogP contribution in [0.3, 0.4) is 0 Å². The van der Waals surface area contributed by atoms with Crippen LogP contribution in [-0.2, 0) is 25.5 Å². The molecule has 0 bridgehead atoms. The first-order valence-electron chi connectivity index (χ1n) is 11.1. The minimum absolute atomic E-state index is 0.0697. The maximum absolute atomic E-state index is 13.4. The third-order valence-corrected chi connectivity index (χ3v) is 5.85. The molecule has 1 aliphatic heterocycles. The number of phenols is 1. The van der Waals surface area contributed by atoms with Crippen molar-refractivity contribution in [2.45, 2.75) is 57.7 Å². The monoisotopic (exact) mass is 572 g/mol. The summed E-state index contributed by atoms with van der Waals surface area (Å²) in [4.78, 5) is 38.4. The predicted octanol–water partition coefficient (Wildman–Crippen LogP) is 1.78. The van der Waals surface area contributed by atoms with Crippen LogP contribution in [0, 0.1) is 5.92 Å². The maximum Gasteiger partial charge on any atom is 0.324 e. The van der Waals surface area contributed by atoms with Crippen LogP contribution in [0.1, 0.15) is 38.7 Å². The van der Waals surface area contributed by atoms with Gasteiger partial charge in [0.25, 0.3) is 5.91 Å². The van der Waals surface area contributed by atoms with Gasteiger partial charge < -0.3 is 20.9 Å². The summed E-state index contributed by atoms with van der Waals surface area (Å²) in [5.74, 6) is -1.26. The van der Waals surface area contributed by atoms with E-state index in [0.29, 0.717) is 31.4 Å². The van der Waals surface area contributed by atoms with E-state index >= 15 is 0 Å². The van der Waals surface area contributed by atoms with Gasteiger partial charge in [0.05, 0.1) is 12.6 Å². The van der Waals surface area contributed by atoms with Crippen molar-refractivity contribution in [1.82, 2.24) is 15.8 Å². The Kier molecular flexibility index (Phi) is 11.1. The molecule has 2 amide bonds. The predicted molar refractivity (Wildman–Crippen MR) is 133 cm³/mol. The molecular weight excluding hydrogens is 539 g/mol. The number of ether oxygens (including phenoxy) is 1. The van der Waals surface area contributed by atoms with Gasteiger partial charge in [-0.15, -0.1) is 0 Å². The molecule has 182 valence electrons. The van der Waals surface area contributed by atoms with Crippen molar-refractivity contribution in [3.05, 3.63) is 40.0 Å². The van der Waals surface area contributed by atoms with Gasteiger partial charge in [-0.05, 0) is 40.5 Å². The Hall–Kier alpha value is -2.18. The average molecular weight is 572 g/mol. The zero-order chi connectivity index (χ0) is 24.4. The molecule has 1 heterocycles. The highest BCUT2D eigenvalue weighted by molar-refractivity contribution is 14.1. The van der Waals surface area contributed by atoms with Crippen LogP contribution in [0.25, 0.3) is 0 Å². The van der Waals surface area contributed by atoms with Gasteiger partial charge in [-0.1, -0.05) is 54.6 Å². The molecule has 33 heavy (non-hydrogen) atoms. The Morgan fingerprint density at radius 3 is 2.82 bits per heavy atom. The van der Waals surface area contributed by atoms with Crippen molar-refractivity contribution >= 4 is 40.4 Å². The molecule has 3 atom stereocenters. The number of amides is 2. The molecule has 1 aliphatic rings. The van der Waals surface area contributed by atoms with Gasteiger partial charge >= 0.3 is 5.97 Å². The maximum atomic E-state index is 13.4. The Labute approximate surface area is 208 Å². The molecule has 2 rings (SSSR count). The second-order valence-electron chi connectivity index (χ2n) is 8.34. The minimum Gasteiger partial charge on any atom is -0.508 e. The van der Waals surface area contributed by atoms with Crippen LogP contribution in [0.2, 0.25) is 0 Å². The molecule has 9 nitrogen and oxygen atoms in total. The number of nitrogens with one attached hydrogen (secondary N) is 2. The summed E-state index contributed by atoms with van der Waals surface area (Å²) < 4.78 is 7.15. The summed E-state index contributed by atoms with van der Waals surface area (Å²) in [5.41, 5.74) is 9.61. The SMILES string of the molecule is CC(C)[C@H](N)C(=O)N[C@@H](Cc1cccc(O)c1)C(=O)N1CCC[C@@H](C(=O)OCC/C=C/I)N1. The molecule has 10 heteroatoms. The zero-order valence-corrected chi connectivity index (χ0v) is 21.2. The number of halogens is 1. The number of rotatable bonds is 10. The quantitative estimate of drug-likeness (QED) is 0.191. The van der Waals surface area contributed by atoms with Crippen molar-refractivity contribution in [2.24, 2.45) is 11.7 Å². The lowest BCUT2D eigenvalue weighted by Crippen LogP contribution is -2.61. The van der Waals surface area contributed by atoms with Crippen LogP contribution < -0.4 is 16.5 Å². The Morgan fingerprint density at radius 2 is 2.15 bits per heavy atom. The normalized spacial score (nSPS) is 18.2. The smallest absolute Gasteiger partial charge is 0.324 e. The van der Waals surface area contributed by atoms with Gasteiger partial charge in [-0.2, -0.15) is 0 Å². The Morgan fingerprint density at radius 1 is 1.39 bits per heavy atom. The number of esters is 1. The van der Waals surface area contributed by atoms with E-state index in [1.807, 2.05) is 24.0 Å². The van der Waals surface area contributed by atoms with E-state index in [2.05, 4.69) is 33.3 Å². The Balaban J connectivity index is 2.11. The average Bonchev–Trinajstić information content (AvgIpc) is 2.80. The van der Waals surface area contributed by atoms with E-state index < -0.39 is 30.0 Å². The summed E-state index contributed by atoms with van der Waals surface area (Å²) >= 11 is 2.10. The fourth-order valence-corrected chi connectivity index (χ4v) is 3.74. The van der Waals surface area contributed by atoms with Crippen molar-refractivity contribution in [2.75, 3.05) is 13.2 Å². The largest absolute Gasteiger partial charge is 0.508 e. The summed E-state index contributed by atoms with van der Waals surface area (Å²) in [7, 11) is 0. The first-order valence-corrected chi connectivity index (χ1v) is 12.3. The number of carbonyl (C=O) groups is 3. The standard InChI is InChI=1S/C23H33IN4O5/c1-15(2)20(25)21(30)26-19(14-16-7-5-8-17(29)13-16)22(31)28-11-6-9-18(27-28)23(32)33-12-4-3-10-24/h3,5,7-8,10,13,15,18-20,27,29H,4,6,9,11-12,14,25H2,1-2H3,(H,26,30)/b10-3+/t18-,19-,20-/m0/s1. The zero-order valence-electron chi connectivity index (χ0n) is 19.0. The van der Waals surface area contributed by atoms with Gasteiger partial charge in [-0.3, -0.25) is 19.4 Å². The second-order valence-corrected chi connectivity index (χ2v) is 9.06. The van der Waals surface area contributed by atoms with Crippen LogP contribution in [-0.4, -0.2) is 59.2 Å². The molecule has 1 saturated heterocycles. The lowest BCUT2D eigenvalue weighted by molar-refractivity contribution is -0.153. The fraction of sp³-hybridized carbons (Fsp3) is 0.522. The second kappa shape index (κ2) is 13.5. The third kappa shape index (κ3) is 8.59. The first-order chi connectivity index (χ1) is 15.7. The molecule has 0 aliphatic carbocycles. The van der Waals surface area contributed by atoms with Crippen molar-refractivity contribution in [3.8, 4) is 5.75 Å². The van der Waals surface area contributed by atoms with Gasteiger partial charge in [-0.25, -0.2) is 5.43 Å². The number of hydrogen-bond acceptors (Lipinski definition) is 7. The number of benzene rings is 1. The summed E-state index contributed by atoms with van der Waals surface area (Å²) in [6.45, 7) is 4.32. The van der Waals surface area contributed by atoms with Crippen LogP contribution in [0.4, 0.5) is 0 Å². The number of hydrazine groups is 1. The molecule has 0 spiro atoms. The number of phenolic OH excluding ortho intramolecular Hbond substituents is 1. The molecule has 0 radical (unpaired) electrons. The molecule has 0 saturated carbocycles. The van der Waals surface area contributed by atoms with E-state index in [9.17, 15) is 19.5 Å². The van der Waals surface area contributed by atoms with Gasteiger partial charge in [0.15, 0.2) is 0 Å². The lowest BCUT2D eigenvalue weighted by Gasteiger charge is -2.35. The fourth-order valence-electron chi connectivity index (χ4n) is 3.38. The van der Waals surface area contributed by atoms with E-state index in [4.69, 9.17) is 10.5 Å². The van der Waals surface area contributed by atoms with E-state index in [1.165, 1.54) is 11.1 Å². The van der Waals surface area contributed by atoms with Crippen molar-refractivity contribution in [3.63, 3.8) is 0 Å². The highest BCUT2D eigenvalue weighted by atomic mass is 127. The van der Waals surface area contributed by atoms with Gasteiger partial charge in [0, 0.05) is 19.4 Å². The molecule has 1 fully saturated rings. The number of aromatic hydroxyl groups is 1. The number of nitrogens with zero attached hydrogens (tertiary/aromatic N) is 1. The van der Waals surface area contributed by atoms with E-state index in [1.54, 1.807) is 18.2 Å². The molecule has 1 aromatic rings. The minimum atomic E-state index is -0.917. The van der Waals surface area contributed by atoms with E-state index in [0.717, 1.165) is 0 Å². The lowest BCUT2D eigenvalue weighted by atomic mass is 10.0. The highest BCUT2D eigenvalue weighted by Gasteiger charge is 2.34. The van der Waals surface area contributed by atoms with Crippen LogP contribution in [0.5, 0.6) is 5.75 Å². The van der Waals surface area contributed by atoms with Crippen molar-refractivity contribution in [1.29, 1.82) is 0 Å². The molecule has 0 unspecified atom stereocenters. The van der Waals surface area contributed by atoms with Gasteiger partial charge in [0.2, 0.25) is 5.91 Å². The topological polar surface area (TPSA) is 134 Å². The van der Waals surface area contributed by atoms with Gasteiger partial charge in [0.1, 0.15) is 17.8 Å². The molecular formula is C23H33IN4O5. The summed E-state index contributed by atoms with van der Waals surface area (Å²) in [5, 5.41) is 13.9. The third-order valence-electron chi connectivity index (χ3n) is 5.34. The molecule has 5 N–H and O–H groups in total.